The number of hydrogen-bond acceptors (Lipinski definition) is 3. The Morgan fingerprint density at radius 2 is 1.41 bits per heavy atom. The molecule has 0 aliphatic carbocycles. The average Bonchev–Trinajstić information content (AvgIpc) is 2.69. The summed E-state index contributed by atoms with van der Waals surface area (Å²) in [6.45, 7) is 8.90. The SMILES string of the molecule is CCCCCCCOc1ccc(CNc2ccc(OCC(C)C)cc2)cc1. The van der Waals surface area contributed by atoms with Crippen LogP contribution in [0.5, 0.6) is 11.5 Å². The molecule has 1 N–H and O–H groups in total. The lowest BCUT2D eigenvalue weighted by Gasteiger charge is -2.11. The minimum absolute atomic E-state index is 0.538. The molecule has 3 heteroatoms. The fraction of sp³-hybridized carbons (Fsp3) is 0.500. The molecule has 148 valence electrons. The maximum absolute atomic E-state index is 5.82. The highest BCUT2D eigenvalue weighted by molar-refractivity contribution is 5.47. The van der Waals surface area contributed by atoms with Crippen LogP contribution >= 0.6 is 0 Å². The van der Waals surface area contributed by atoms with Crippen molar-refractivity contribution >= 4 is 5.69 Å². The Labute approximate surface area is 165 Å². The van der Waals surface area contributed by atoms with E-state index in [1.807, 2.05) is 12.1 Å². The average molecular weight is 370 g/mol. The molecule has 0 atom stereocenters. The molecule has 2 aromatic rings. The van der Waals surface area contributed by atoms with Gasteiger partial charge >= 0.3 is 0 Å². The first kappa shape index (κ1) is 21.1. The summed E-state index contributed by atoms with van der Waals surface area (Å²) in [5, 5.41) is 3.45. The number of benzene rings is 2. The Kier molecular flexibility index (Phi) is 9.61. The summed E-state index contributed by atoms with van der Waals surface area (Å²) >= 11 is 0. The quantitative estimate of drug-likeness (QED) is 0.399. The summed E-state index contributed by atoms with van der Waals surface area (Å²) in [5.41, 5.74) is 2.34. The van der Waals surface area contributed by atoms with E-state index in [4.69, 9.17) is 9.47 Å². The Morgan fingerprint density at radius 1 is 0.778 bits per heavy atom. The number of hydrogen-bond donors (Lipinski definition) is 1. The number of rotatable bonds is 13. The maximum Gasteiger partial charge on any atom is 0.119 e. The first-order valence-electron chi connectivity index (χ1n) is 10.4. The van der Waals surface area contributed by atoms with Crippen molar-refractivity contribution in [2.75, 3.05) is 18.5 Å². The summed E-state index contributed by atoms with van der Waals surface area (Å²) in [7, 11) is 0. The predicted molar refractivity (Wildman–Crippen MR) is 115 cm³/mol. The lowest BCUT2D eigenvalue weighted by Crippen LogP contribution is -2.04. The highest BCUT2D eigenvalue weighted by Gasteiger charge is 2.00. The molecule has 0 aliphatic rings. The van der Waals surface area contributed by atoms with Gasteiger partial charge < -0.3 is 14.8 Å². The van der Waals surface area contributed by atoms with Crippen molar-refractivity contribution in [2.45, 2.75) is 59.4 Å². The third-order valence-electron chi connectivity index (χ3n) is 4.37. The molecule has 0 amide bonds. The second-order valence-corrected chi connectivity index (χ2v) is 7.49. The zero-order chi connectivity index (χ0) is 19.3. The van der Waals surface area contributed by atoms with E-state index >= 15 is 0 Å². The van der Waals surface area contributed by atoms with Gasteiger partial charge in [0.25, 0.3) is 0 Å². The normalized spacial score (nSPS) is 10.8. The van der Waals surface area contributed by atoms with E-state index in [1.54, 1.807) is 0 Å². The van der Waals surface area contributed by atoms with E-state index in [0.717, 1.165) is 43.4 Å². The Bertz CT molecular complexity index is 620. The Morgan fingerprint density at radius 3 is 2.07 bits per heavy atom. The molecular formula is C24H35NO2. The van der Waals surface area contributed by atoms with Crippen LogP contribution in [0.15, 0.2) is 48.5 Å². The van der Waals surface area contributed by atoms with Gasteiger partial charge in [-0.05, 0) is 54.3 Å². The van der Waals surface area contributed by atoms with Gasteiger partial charge in [-0.2, -0.15) is 0 Å². The first-order valence-corrected chi connectivity index (χ1v) is 10.4. The molecule has 2 aromatic carbocycles. The van der Waals surface area contributed by atoms with Crippen molar-refractivity contribution in [3.8, 4) is 11.5 Å². The van der Waals surface area contributed by atoms with Crippen LogP contribution in [-0.4, -0.2) is 13.2 Å². The molecule has 0 radical (unpaired) electrons. The van der Waals surface area contributed by atoms with Crippen molar-refractivity contribution in [2.24, 2.45) is 5.92 Å². The van der Waals surface area contributed by atoms with Gasteiger partial charge in [-0.1, -0.05) is 58.6 Å². The van der Waals surface area contributed by atoms with E-state index in [9.17, 15) is 0 Å². The molecule has 0 bridgehead atoms. The fourth-order valence-corrected chi connectivity index (χ4v) is 2.74. The van der Waals surface area contributed by atoms with Crippen LogP contribution in [-0.2, 0) is 6.54 Å². The van der Waals surface area contributed by atoms with Gasteiger partial charge in [0.2, 0.25) is 0 Å². The summed E-state index contributed by atoms with van der Waals surface area (Å²) in [4.78, 5) is 0. The van der Waals surface area contributed by atoms with Gasteiger partial charge in [0, 0.05) is 12.2 Å². The highest BCUT2D eigenvalue weighted by Crippen LogP contribution is 2.18. The zero-order valence-corrected chi connectivity index (χ0v) is 17.2. The van der Waals surface area contributed by atoms with Crippen LogP contribution in [0.3, 0.4) is 0 Å². The van der Waals surface area contributed by atoms with Crippen LogP contribution < -0.4 is 14.8 Å². The standard InChI is InChI=1S/C24H35NO2/c1-4-5-6-7-8-17-26-23-13-9-21(10-14-23)18-25-22-11-15-24(16-12-22)27-19-20(2)3/h9-16,20,25H,4-8,17-19H2,1-3H3. The third-order valence-corrected chi connectivity index (χ3v) is 4.37. The molecule has 27 heavy (non-hydrogen) atoms. The summed E-state index contributed by atoms with van der Waals surface area (Å²) in [6.07, 6.45) is 6.33. The van der Waals surface area contributed by atoms with Gasteiger partial charge in [-0.25, -0.2) is 0 Å². The third kappa shape index (κ3) is 8.85. The predicted octanol–water partition coefficient (Wildman–Crippen LogP) is 6.68. The maximum atomic E-state index is 5.82. The van der Waals surface area contributed by atoms with Crippen LogP contribution in [0.2, 0.25) is 0 Å². The molecule has 0 aromatic heterocycles. The highest BCUT2D eigenvalue weighted by atomic mass is 16.5. The molecule has 0 unspecified atom stereocenters. The molecule has 0 saturated carbocycles. The number of unbranched alkanes of at least 4 members (excludes halogenated alkanes) is 4. The van der Waals surface area contributed by atoms with Gasteiger partial charge in [0.1, 0.15) is 11.5 Å². The summed E-state index contributed by atoms with van der Waals surface area (Å²) < 4.78 is 11.5. The second kappa shape index (κ2) is 12.3. The van der Waals surface area contributed by atoms with E-state index in [2.05, 4.69) is 62.5 Å². The van der Waals surface area contributed by atoms with E-state index < -0.39 is 0 Å². The monoisotopic (exact) mass is 369 g/mol. The number of anilines is 1. The van der Waals surface area contributed by atoms with Gasteiger partial charge in [0.15, 0.2) is 0 Å². The Hall–Kier alpha value is -2.16. The number of ether oxygens (including phenoxy) is 2. The largest absolute Gasteiger partial charge is 0.494 e. The first-order chi connectivity index (χ1) is 13.2. The topological polar surface area (TPSA) is 30.5 Å². The lowest BCUT2D eigenvalue weighted by molar-refractivity contribution is 0.271. The van der Waals surface area contributed by atoms with Crippen molar-refractivity contribution in [3.63, 3.8) is 0 Å². The van der Waals surface area contributed by atoms with Gasteiger partial charge in [0.05, 0.1) is 13.2 Å². The Balaban J connectivity index is 1.68. The minimum Gasteiger partial charge on any atom is -0.494 e. The van der Waals surface area contributed by atoms with Crippen LogP contribution in [0.1, 0.15) is 58.4 Å². The van der Waals surface area contributed by atoms with Crippen LogP contribution in [0, 0.1) is 5.92 Å². The molecule has 0 saturated heterocycles. The van der Waals surface area contributed by atoms with E-state index in [1.165, 1.54) is 31.2 Å². The van der Waals surface area contributed by atoms with Crippen molar-refractivity contribution < 1.29 is 9.47 Å². The molecule has 3 nitrogen and oxygen atoms in total. The van der Waals surface area contributed by atoms with Crippen molar-refractivity contribution in [1.29, 1.82) is 0 Å². The molecule has 0 fully saturated rings. The van der Waals surface area contributed by atoms with Crippen molar-refractivity contribution in [3.05, 3.63) is 54.1 Å². The molecular weight excluding hydrogens is 334 g/mol. The van der Waals surface area contributed by atoms with E-state index in [-0.39, 0.29) is 0 Å². The van der Waals surface area contributed by atoms with Crippen LogP contribution in [0.4, 0.5) is 5.69 Å². The second-order valence-electron chi connectivity index (χ2n) is 7.49. The lowest BCUT2D eigenvalue weighted by atomic mass is 10.2. The molecule has 0 aliphatic heterocycles. The smallest absolute Gasteiger partial charge is 0.119 e. The van der Waals surface area contributed by atoms with E-state index in [0.29, 0.717) is 5.92 Å². The summed E-state index contributed by atoms with van der Waals surface area (Å²) in [5.74, 6) is 2.42. The van der Waals surface area contributed by atoms with Gasteiger partial charge in [-0.3, -0.25) is 0 Å². The molecule has 0 spiro atoms. The number of nitrogens with one attached hydrogen (secondary N) is 1. The summed E-state index contributed by atoms with van der Waals surface area (Å²) in [6, 6.07) is 16.5. The molecule has 2 rings (SSSR count). The van der Waals surface area contributed by atoms with Crippen molar-refractivity contribution in [1.82, 2.24) is 0 Å². The van der Waals surface area contributed by atoms with Crippen LogP contribution in [0.25, 0.3) is 0 Å². The fourth-order valence-electron chi connectivity index (χ4n) is 2.74. The zero-order valence-electron chi connectivity index (χ0n) is 17.2. The minimum atomic E-state index is 0.538. The molecule has 0 heterocycles. The van der Waals surface area contributed by atoms with Gasteiger partial charge in [-0.15, -0.1) is 0 Å².